The fourth-order valence-corrected chi connectivity index (χ4v) is 3.56. The van der Waals surface area contributed by atoms with Gasteiger partial charge in [-0.05, 0) is 32.4 Å². The summed E-state index contributed by atoms with van der Waals surface area (Å²) in [7, 11) is 0. The van der Waals surface area contributed by atoms with Crippen molar-refractivity contribution in [3.8, 4) is 0 Å². The molecule has 1 aromatic heterocycles. The van der Waals surface area contributed by atoms with Gasteiger partial charge in [0, 0.05) is 11.1 Å². The number of nitrogens with one attached hydrogen (secondary N) is 1. The molecule has 0 fully saturated rings. The molecule has 0 spiro atoms. The van der Waals surface area contributed by atoms with Gasteiger partial charge < -0.3 is 24.7 Å². The number of hydrogen-bond acceptors (Lipinski definition) is 8. The molecule has 8 nitrogen and oxygen atoms in total. The number of benzene rings is 1. The number of amides is 1. The summed E-state index contributed by atoms with van der Waals surface area (Å²) in [5, 5.41) is 13.8. The predicted octanol–water partition coefficient (Wildman–Crippen LogP) is 2.03. The largest absolute Gasteiger partial charge is 0.545 e. The van der Waals surface area contributed by atoms with Gasteiger partial charge >= 0.3 is 11.9 Å². The molecule has 0 radical (unpaired) electrons. The van der Waals surface area contributed by atoms with E-state index >= 15 is 0 Å². The molecular formula is C19H18NO7S-. The van der Waals surface area contributed by atoms with E-state index in [2.05, 4.69) is 5.32 Å². The topological polar surface area (TPSA) is 122 Å². The van der Waals surface area contributed by atoms with Crippen LogP contribution in [0.1, 0.15) is 60.2 Å². The summed E-state index contributed by atoms with van der Waals surface area (Å²) in [5.41, 5.74) is -0.0998. The molecule has 1 aromatic carbocycles. The average Bonchev–Trinajstić information content (AvgIpc) is 2.98. The summed E-state index contributed by atoms with van der Waals surface area (Å²) in [6.07, 6.45) is 0. The third kappa shape index (κ3) is 4.37. The van der Waals surface area contributed by atoms with Crippen LogP contribution in [0.4, 0.5) is 5.00 Å². The predicted molar refractivity (Wildman–Crippen MR) is 99.7 cm³/mol. The minimum atomic E-state index is -1.51. The lowest BCUT2D eigenvalue weighted by Gasteiger charge is -2.11. The second kappa shape index (κ2) is 9.14. The molecule has 0 aliphatic rings. The lowest BCUT2D eigenvalue weighted by molar-refractivity contribution is -0.255. The van der Waals surface area contributed by atoms with Crippen molar-refractivity contribution < 1.29 is 33.8 Å². The van der Waals surface area contributed by atoms with Crippen LogP contribution in [0.15, 0.2) is 24.3 Å². The SMILES string of the molecule is CCOC(=O)c1sc(NC(=O)c2ccccc2C(=O)[O-])c(C(=O)OCC)c1C. The number of rotatable bonds is 7. The van der Waals surface area contributed by atoms with E-state index < -0.39 is 23.8 Å². The molecule has 2 rings (SSSR count). The third-order valence-corrected chi connectivity index (χ3v) is 4.89. The molecule has 0 unspecified atom stereocenters. The maximum atomic E-state index is 12.6. The lowest BCUT2D eigenvalue weighted by atomic mass is 10.1. The highest BCUT2D eigenvalue weighted by Gasteiger charge is 2.27. The van der Waals surface area contributed by atoms with Gasteiger partial charge in [-0.25, -0.2) is 9.59 Å². The maximum absolute atomic E-state index is 12.6. The summed E-state index contributed by atoms with van der Waals surface area (Å²) in [5.74, 6) is -3.62. The number of carboxylic acid groups (broad SMARTS) is 1. The van der Waals surface area contributed by atoms with Crippen LogP contribution in [0.25, 0.3) is 0 Å². The van der Waals surface area contributed by atoms with Gasteiger partial charge in [0.15, 0.2) is 0 Å². The minimum absolute atomic E-state index is 0.0224. The normalized spacial score (nSPS) is 10.2. The van der Waals surface area contributed by atoms with E-state index in [1.165, 1.54) is 24.3 Å². The van der Waals surface area contributed by atoms with E-state index in [1.54, 1.807) is 20.8 Å². The van der Waals surface area contributed by atoms with E-state index in [1.807, 2.05) is 0 Å². The van der Waals surface area contributed by atoms with Gasteiger partial charge in [-0.1, -0.05) is 18.2 Å². The number of ether oxygens (including phenoxy) is 2. The summed E-state index contributed by atoms with van der Waals surface area (Å²) in [6, 6.07) is 5.51. The molecule has 9 heteroatoms. The molecule has 0 bridgehead atoms. The zero-order chi connectivity index (χ0) is 20.8. The van der Waals surface area contributed by atoms with Crippen LogP contribution in [0.5, 0.6) is 0 Å². The molecule has 1 heterocycles. The first-order valence-electron chi connectivity index (χ1n) is 8.41. The van der Waals surface area contributed by atoms with Crippen LogP contribution in [0, 0.1) is 6.92 Å². The Hall–Kier alpha value is -3.20. The first kappa shape index (κ1) is 21.1. The Bertz CT molecular complexity index is 932. The van der Waals surface area contributed by atoms with Crippen LogP contribution in [0.3, 0.4) is 0 Å². The van der Waals surface area contributed by atoms with Gasteiger partial charge in [-0.3, -0.25) is 4.79 Å². The lowest BCUT2D eigenvalue weighted by Crippen LogP contribution is -2.26. The third-order valence-electron chi connectivity index (χ3n) is 3.71. The van der Waals surface area contributed by atoms with Crippen molar-refractivity contribution in [1.82, 2.24) is 0 Å². The quantitative estimate of drug-likeness (QED) is 0.701. The molecule has 1 amide bonds. The number of aromatic carboxylic acids is 1. The number of carboxylic acids is 1. The first-order chi connectivity index (χ1) is 13.3. The van der Waals surface area contributed by atoms with E-state index in [-0.39, 0.29) is 39.8 Å². The summed E-state index contributed by atoms with van der Waals surface area (Å²) in [4.78, 5) is 48.5. The zero-order valence-corrected chi connectivity index (χ0v) is 16.3. The van der Waals surface area contributed by atoms with Crippen molar-refractivity contribution in [2.24, 2.45) is 0 Å². The molecule has 1 N–H and O–H groups in total. The number of anilines is 1. The van der Waals surface area contributed by atoms with Crippen molar-refractivity contribution in [1.29, 1.82) is 0 Å². The van der Waals surface area contributed by atoms with Gasteiger partial charge in [0.05, 0.1) is 24.7 Å². The number of carbonyl (C=O) groups is 4. The van der Waals surface area contributed by atoms with Crippen molar-refractivity contribution in [2.45, 2.75) is 20.8 Å². The molecule has 148 valence electrons. The van der Waals surface area contributed by atoms with Crippen LogP contribution in [-0.4, -0.2) is 37.0 Å². The van der Waals surface area contributed by atoms with Gasteiger partial charge in [-0.2, -0.15) is 0 Å². The van der Waals surface area contributed by atoms with Crippen molar-refractivity contribution in [3.05, 3.63) is 51.4 Å². The van der Waals surface area contributed by atoms with Gasteiger partial charge in [-0.15, -0.1) is 11.3 Å². The summed E-state index contributed by atoms with van der Waals surface area (Å²) in [6.45, 7) is 5.06. The van der Waals surface area contributed by atoms with Crippen LogP contribution >= 0.6 is 11.3 Å². The number of carbonyl (C=O) groups excluding carboxylic acids is 4. The standard InChI is InChI=1S/C19H19NO7S/c1-4-26-18(24)13-10(3)14(19(25)27-5-2)28-16(13)20-15(21)11-8-6-7-9-12(11)17(22)23/h6-9H,4-5H2,1-3H3,(H,20,21)(H,22,23)/p-1. The number of hydrogen-bond donors (Lipinski definition) is 1. The van der Waals surface area contributed by atoms with Gasteiger partial charge in [0.2, 0.25) is 0 Å². The number of esters is 2. The monoisotopic (exact) mass is 404 g/mol. The Morgan fingerprint density at radius 2 is 1.57 bits per heavy atom. The highest BCUT2D eigenvalue weighted by Crippen LogP contribution is 2.34. The van der Waals surface area contributed by atoms with E-state index in [9.17, 15) is 24.3 Å². The minimum Gasteiger partial charge on any atom is -0.545 e. The van der Waals surface area contributed by atoms with Gasteiger partial charge in [0.25, 0.3) is 5.91 Å². The number of thiophene rings is 1. The molecule has 28 heavy (non-hydrogen) atoms. The highest BCUT2D eigenvalue weighted by atomic mass is 32.1. The fraction of sp³-hybridized carbons (Fsp3) is 0.263. The van der Waals surface area contributed by atoms with Crippen molar-refractivity contribution in [3.63, 3.8) is 0 Å². The van der Waals surface area contributed by atoms with Crippen LogP contribution in [0.2, 0.25) is 0 Å². The Morgan fingerprint density at radius 1 is 1.00 bits per heavy atom. The Kier molecular flexibility index (Phi) is 6.89. The van der Waals surface area contributed by atoms with Crippen molar-refractivity contribution in [2.75, 3.05) is 18.5 Å². The Morgan fingerprint density at radius 3 is 2.14 bits per heavy atom. The van der Waals surface area contributed by atoms with E-state index in [0.717, 1.165) is 11.3 Å². The molecule has 0 aliphatic carbocycles. The van der Waals surface area contributed by atoms with Crippen molar-refractivity contribution >= 4 is 40.2 Å². The molecule has 0 saturated carbocycles. The second-order valence-electron chi connectivity index (χ2n) is 5.49. The molecular weight excluding hydrogens is 386 g/mol. The zero-order valence-electron chi connectivity index (χ0n) is 15.5. The Labute approximate surface area is 165 Å². The molecule has 2 aromatic rings. The maximum Gasteiger partial charge on any atom is 0.348 e. The average molecular weight is 404 g/mol. The molecule has 0 atom stereocenters. The van der Waals surface area contributed by atoms with E-state index in [4.69, 9.17) is 9.47 Å². The Balaban J connectivity index is 2.48. The smallest absolute Gasteiger partial charge is 0.348 e. The molecule has 0 aliphatic heterocycles. The van der Waals surface area contributed by atoms with E-state index in [0.29, 0.717) is 5.56 Å². The highest BCUT2D eigenvalue weighted by molar-refractivity contribution is 7.18. The first-order valence-corrected chi connectivity index (χ1v) is 9.22. The summed E-state index contributed by atoms with van der Waals surface area (Å²) < 4.78 is 9.99. The van der Waals surface area contributed by atoms with Gasteiger partial charge in [0.1, 0.15) is 9.88 Å². The second-order valence-corrected chi connectivity index (χ2v) is 6.51. The van der Waals surface area contributed by atoms with Crippen LogP contribution in [-0.2, 0) is 9.47 Å². The molecule has 0 saturated heterocycles. The summed E-state index contributed by atoms with van der Waals surface area (Å²) >= 11 is 0.855. The fourth-order valence-electron chi connectivity index (χ4n) is 2.47. The van der Waals surface area contributed by atoms with Crippen LogP contribution < -0.4 is 10.4 Å².